The van der Waals surface area contributed by atoms with Crippen molar-refractivity contribution in [2.24, 2.45) is 10.9 Å². The molecule has 29 heavy (non-hydrogen) atoms. The van der Waals surface area contributed by atoms with Crippen LogP contribution < -0.4 is 5.32 Å². The van der Waals surface area contributed by atoms with Crippen molar-refractivity contribution in [2.75, 3.05) is 32.8 Å². The molecule has 1 aromatic heterocycles. The third-order valence-corrected chi connectivity index (χ3v) is 4.78. The Hall–Kier alpha value is -1.80. The van der Waals surface area contributed by atoms with E-state index < -0.39 is 0 Å². The molecule has 0 aliphatic carbocycles. The number of rotatable bonds is 9. The number of ether oxygens (including phenoxy) is 1. The number of hydrogen-bond donors (Lipinski definition) is 1. The van der Waals surface area contributed by atoms with Gasteiger partial charge in [-0.1, -0.05) is 42.5 Å². The molecule has 2 aromatic rings. The lowest BCUT2D eigenvalue weighted by atomic mass is 10.1. The number of nitrogens with zero attached hydrogens (tertiary/aromatic N) is 2. The van der Waals surface area contributed by atoms with Gasteiger partial charge in [0.1, 0.15) is 5.76 Å². The van der Waals surface area contributed by atoms with E-state index in [0.29, 0.717) is 19.1 Å². The van der Waals surface area contributed by atoms with E-state index in [2.05, 4.69) is 41.1 Å². The molecular weight excluding hydrogens is 477 g/mol. The molecule has 1 unspecified atom stereocenters. The Balaban J connectivity index is 0.00000300. The van der Waals surface area contributed by atoms with Crippen molar-refractivity contribution in [3.05, 3.63) is 72.2 Å². The summed E-state index contributed by atoms with van der Waals surface area (Å²) in [4.78, 5) is 7.08. The second-order valence-corrected chi connectivity index (χ2v) is 7.45. The molecule has 2 heterocycles. The average molecular weight is 509 g/mol. The van der Waals surface area contributed by atoms with Crippen molar-refractivity contribution in [2.45, 2.75) is 26.4 Å². The summed E-state index contributed by atoms with van der Waals surface area (Å²) in [5.41, 5.74) is 2.29. The fraction of sp³-hybridized carbons (Fsp3) is 0.435. The van der Waals surface area contributed by atoms with Crippen LogP contribution in [0.3, 0.4) is 0 Å². The van der Waals surface area contributed by atoms with Crippen molar-refractivity contribution in [1.82, 2.24) is 10.2 Å². The van der Waals surface area contributed by atoms with Crippen molar-refractivity contribution < 1.29 is 9.15 Å². The lowest BCUT2D eigenvalue weighted by Crippen LogP contribution is -2.41. The maximum Gasteiger partial charge on any atom is 0.194 e. The smallest absolute Gasteiger partial charge is 0.194 e. The van der Waals surface area contributed by atoms with E-state index in [1.54, 1.807) is 6.26 Å². The van der Waals surface area contributed by atoms with Gasteiger partial charge in [-0.15, -0.1) is 24.0 Å². The van der Waals surface area contributed by atoms with Crippen LogP contribution in [0.2, 0.25) is 0 Å². The first kappa shape index (κ1) is 23.5. The van der Waals surface area contributed by atoms with Crippen LogP contribution in [0.5, 0.6) is 0 Å². The van der Waals surface area contributed by atoms with Crippen molar-refractivity contribution in [1.29, 1.82) is 0 Å². The van der Waals surface area contributed by atoms with Crippen LogP contribution in [0.4, 0.5) is 0 Å². The second-order valence-electron chi connectivity index (χ2n) is 7.45. The lowest BCUT2D eigenvalue weighted by molar-refractivity contribution is 0.0906. The van der Waals surface area contributed by atoms with Gasteiger partial charge in [-0.25, -0.2) is 4.99 Å². The first-order valence-electron chi connectivity index (χ1n) is 10.0. The number of hydrogen-bond acceptors (Lipinski definition) is 3. The monoisotopic (exact) mass is 509 g/mol. The Morgan fingerprint density at radius 3 is 2.83 bits per heavy atom. The zero-order chi connectivity index (χ0) is 19.6. The summed E-state index contributed by atoms with van der Waals surface area (Å²) in [6, 6.07) is 14.3. The van der Waals surface area contributed by atoms with E-state index in [4.69, 9.17) is 14.1 Å². The van der Waals surface area contributed by atoms with Crippen molar-refractivity contribution in [3.8, 4) is 0 Å². The molecule has 0 spiro atoms. The Morgan fingerprint density at radius 2 is 2.10 bits per heavy atom. The number of guanidine groups is 1. The highest BCUT2D eigenvalue weighted by Gasteiger charge is 2.25. The molecule has 158 valence electrons. The predicted octanol–water partition coefficient (Wildman–Crippen LogP) is 4.50. The first-order valence-corrected chi connectivity index (χ1v) is 10.0. The highest BCUT2D eigenvalue weighted by molar-refractivity contribution is 14.0. The topological polar surface area (TPSA) is 50.0 Å². The number of furan rings is 1. The number of benzene rings is 1. The zero-order valence-electron chi connectivity index (χ0n) is 17.2. The second kappa shape index (κ2) is 12.7. The molecule has 3 rings (SSSR count). The van der Waals surface area contributed by atoms with Gasteiger partial charge in [0, 0.05) is 32.0 Å². The van der Waals surface area contributed by atoms with Crippen LogP contribution in [0.1, 0.15) is 24.7 Å². The molecule has 1 atom stereocenters. The molecule has 1 aromatic carbocycles. The summed E-state index contributed by atoms with van der Waals surface area (Å²) in [5.74, 6) is 2.48. The highest BCUT2D eigenvalue weighted by atomic mass is 127. The van der Waals surface area contributed by atoms with Gasteiger partial charge < -0.3 is 19.4 Å². The van der Waals surface area contributed by atoms with E-state index >= 15 is 0 Å². The van der Waals surface area contributed by atoms with E-state index in [-0.39, 0.29) is 24.0 Å². The van der Waals surface area contributed by atoms with Crippen LogP contribution in [-0.2, 0) is 17.8 Å². The Labute approximate surface area is 191 Å². The maximum absolute atomic E-state index is 5.95. The van der Waals surface area contributed by atoms with Gasteiger partial charge >= 0.3 is 0 Å². The molecular formula is C23H32IN3O2. The van der Waals surface area contributed by atoms with Gasteiger partial charge in [-0.05, 0) is 31.0 Å². The van der Waals surface area contributed by atoms with Crippen molar-refractivity contribution in [3.63, 3.8) is 0 Å². The molecule has 1 saturated heterocycles. The summed E-state index contributed by atoms with van der Waals surface area (Å²) >= 11 is 0. The zero-order valence-corrected chi connectivity index (χ0v) is 19.5. The first-order chi connectivity index (χ1) is 13.7. The molecule has 1 fully saturated rings. The molecule has 1 aliphatic rings. The Bertz CT molecular complexity index is 747. The van der Waals surface area contributed by atoms with Crippen molar-refractivity contribution >= 4 is 29.9 Å². The largest absolute Gasteiger partial charge is 0.469 e. The van der Waals surface area contributed by atoms with Gasteiger partial charge in [-0.3, -0.25) is 0 Å². The van der Waals surface area contributed by atoms with Crippen LogP contribution in [0, 0.1) is 5.92 Å². The van der Waals surface area contributed by atoms with E-state index in [1.807, 2.05) is 25.1 Å². The summed E-state index contributed by atoms with van der Waals surface area (Å²) in [7, 11) is 0. The fourth-order valence-electron chi connectivity index (χ4n) is 3.31. The molecule has 6 heteroatoms. The minimum Gasteiger partial charge on any atom is -0.469 e. The molecule has 1 N–H and O–H groups in total. The summed E-state index contributed by atoms with van der Waals surface area (Å²) in [5, 5.41) is 3.49. The summed E-state index contributed by atoms with van der Waals surface area (Å²) in [6.45, 7) is 10.9. The highest BCUT2D eigenvalue weighted by Crippen LogP contribution is 2.17. The molecule has 5 nitrogen and oxygen atoms in total. The van der Waals surface area contributed by atoms with Crippen LogP contribution in [-0.4, -0.2) is 43.6 Å². The van der Waals surface area contributed by atoms with Crippen LogP contribution >= 0.6 is 24.0 Å². The number of nitrogens with one attached hydrogen (secondary N) is 1. The molecule has 0 radical (unpaired) electrons. The van der Waals surface area contributed by atoms with Gasteiger partial charge in [0.2, 0.25) is 0 Å². The average Bonchev–Trinajstić information content (AvgIpc) is 3.37. The molecule has 1 aliphatic heterocycles. The minimum atomic E-state index is 0. The standard InChI is InChI=1S/C23H31N3O2.HI/c1-19(2)15-25-23(24-12-10-22-9-6-14-28-22)26-13-11-21(16-26)18-27-17-20-7-4-3-5-8-20;/h3-9,14,21H,1,10-13,15-18H2,2H3,(H,24,25);1H. The van der Waals surface area contributed by atoms with Gasteiger partial charge in [0.05, 0.1) is 26.0 Å². The number of halogens is 1. The minimum absolute atomic E-state index is 0. The Morgan fingerprint density at radius 1 is 1.28 bits per heavy atom. The van der Waals surface area contributed by atoms with Crippen LogP contribution in [0.25, 0.3) is 0 Å². The lowest BCUT2D eigenvalue weighted by Gasteiger charge is -2.22. The third-order valence-electron chi connectivity index (χ3n) is 4.78. The maximum atomic E-state index is 5.95. The van der Waals surface area contributed by atoms with E-state index in [9.17, 15) is 0 Å². The van der Waals surface area contributed by atoms with E-state index in [0.717, 1.165) is 56.4 Å². The summed E-state index contributed by atoms with van der Waals surface area (Å²) < 4.78 is 11.4. The van der Waals surface area contributed by atoms with Gasteiger partial charge in [0.15, 0.2) is 5.96 Å². The number of aliphatic imine (C=N–C) groups is 1. The molecule has 0 bridgehead atoms. The van der Waals surface area contributed by atoms with E-state index in [1.165, 1.54) is 5.56 Å². The summed E-state index contributed by atoms with van der Waals surface area (Å²) in [6.07, 6.45) is 3.68. The Kier molecular flexibility index (Phi) is 10.3. The SMILES string of the molecule is C=C(C)CN=C(NCCc1ccco1)N1CCC(COCc2ccccc2)C1.I. The number of likely N-dealkylation sites (tertiary alicyclic amines) is 1. The fourth-order valence-corrected chi connectivity index (χ4v) is 3.31. The molecule has 0 amide bonds. The quantitative estimate of drug-likeness (QED) is 0.234. The predicted molar refractivity (Wildman–Crippen MR) is 129 cm³/mol. The molecule has 0 saturated carbocycles. The van der Waals surface area contributed by atoms with Crippen LogP contribution in [0.15, 0.2) is 70.3 Å². The third kappa shape index (κ3) is 8.22. The van der Waals surface area contributed by atoms with Gasteiger partial charge in [-0.2, -0.15) is 0 Å². The normalized spacial score (nSPS) is 16.5. The van der Waals surface area contributed by atoms with Gasteiger partial charge in [0.25, 0.3) is 0 Å².